The second-order valence-electron chi connectivity index (χ2n) is 3.75. The van der Waals surface area contributed by atoms with Gasteiger partial charge in [0, 0.05) is 30.5 Å². The first-order valence-electron chi connectivity index (χ1n) is 5.34. The summed E-state index contributed by atoms with van der Waals surface area (Å²) in [6.07, 6.45) is 4.17. The summed E-state index contributed by atoms with van der Waals surface area (Å²) in [7, 11) is -4.12. The van der Waals surface area contributed by atoms with Gasteiger partial charge in [-0.1, -0.05) is 0 Å². The Morgan fingerprint density at radius 2 is 2.00 bits per heavy atom. The number of nitrogens with zero attached hydrogens (tertiary/aromatic N) is 1. The summed E-state index contributed by atoms with van der Waals surface area (Å²) in [6, 6.07) is 5.92. The van der Waals surface area contributed by atoms with Gasteiger partial charge in [-0.25, -0.2) is 4.98 Å². The van der Waals surface area contributed by atoms with E-state index in [2.05, 4.69) is 15.3 Å². The van der Waals surface area contributed by atoms with Gasteiger partial charge in [0.1, 0.15) is 0 Å². The van der Waals surface area contributed by atoms with E-state index in [1.807, 2.05) is 0 Å². The topological polar surface area (TPSA) is 95.1 Å². The molecule has 0 aliphatic carbocycles. The molecule has 0 fully saturated rings. The van der Waals surface area contributed by atoms with Crippen molar-refractivity contribution in [1.82, 2.24) is 9.97 Å². The number of aromatic amines is 1. The number of rotatable bonds is 5. The van der Waals surface area contributed by atoms with Crippen LogP contribution >= 0.6 is 0 Å². The van der Waals surface area contributed by atoms with Gasteiger partial charge in [-0.3, -0.25) is 4.55 Å². The first-order chi connectivity index (χ1) is 8.55. The first-order valence-corrected chi connectivity index (χ1v) is 6.78. The second kappa shape index (κ2) is 5.19. The summed E-state index contributed by atoms with van der Waals surface area (Å²) in [5.41, 5.74) is 1.82. The van der Waals surface area contributed by atoms with Crippen molar-refractivity contribution < 1.29 is 13.0 Å². The van der Waals surface area contributed by atoms with Crippen LogP contribution in [0.25, 0.3) is 0 Å². The molecule has 1 aromatic carbocycles. The normalized spacial score (nSPS) is 11.4. The van der Waals surface area contributed by atoms with E-state index >= 15 is 0 Å². The maximum Gasteiger partial charge on any atom is 0.294 e. The van der Waals surface area contributed by atoms with E-state index in [-0.39, 0.29) is 4.90 Å². The molecule has 2 rings (SSSR count). The highest BCUT2D eigenvalue weighted by Gasteiger charge is 2.07. The third kappa shape index (κ3) is 3.31. The van der Waals surface area contributed by atoms with Crippen molar-refractivity contribution in [1.29, 1.82) is 0 Å². The van der Waals surface area contributed by atoms with E-state index in [1.165, 1.54) is 12.1 Å². The van der Waals surface area contributed by atoms with E-state index in [0.717, 1.165) is 17.8 Å². The van der Waals surface area contributed by atoms with Crippen LogP contribution in [-0.2, 0) is 16.5 Å². The zero-order valence-corrected chi connectivity index (χ0v) is 10.3. The van der Waals surface area contributed by atoms with Crippen LogP contribution in [-0.4, -0.2) is 29.5 Å². The highest BCUT2D eigenvalue weighted by Crippen LogP contribution is 2.13. The summed E-state index contributed by atoms with van der Waals surface area (Å²) >= 11 is 0. The highest BCUT2D eigenvalue weighted by molar-refractivity contribution is 7.85. The van der Waals surface area contributed by atoms with Gasteiger partial charge in [0.25, 0.3) is 10.1 Å². The van der Waals surface area contributed by atoms with Gasteiger partial charge in [-0.2, -0.15) is 8.42 Å². The summed E-state index contributed by atoms with van der Waals surface area (Å²) in [5, 5.41) is 3.14. The van der Waals surface area contributed by atoms with Crippen molar-refractivity contribution in [2.75, 3.05) is 11.9 Å². The number of benzene rings is 1. The lowest BCUT2D eigenvalue weighted by atomic mass is 10.3. The number of H-pyrrole nitrogens is 1. The smallest absolute Gasteiger partial charge is 0.294 e. The predicted octanol–water partition coefficient (Wildman–Crippen LogP) is 1.31. The van der Waals surface area contributed by atoms with Gasteiger partial charge in [0.2, 0.25) is 0 Å². The predicted molar refractivity (Wildman–Crippen MR) is 67.0 cm³/mol. The molecule has 0 saturated carbocycles. The number of aromatic nitrogens is 2. The van der Waals surface area contributed by atoms with Gasteiger partial charge in [0.05, 0.1) is 11.2 Å². The van der Waals surface area contributed by atoms with Crippen molar-refractivity contribution in [2.24, 2.45) is 0 Å². The molecule has 1 aromatic heterocycles. The highest BCUT2D eigenvalue weighted by atomic mass is 32.2. The van der Waals surface area contributed by atoms with Crippen LogP contribution in [0.5, 0.6) is 0 Å². The number of hydrogen-bond acceptors (Lipinski definition) is 4. The van der Waals surface area contributed by atoms with Crippen molar-refractivity contribution in [3.63, 3.8) is 0 Å². The molecule has 1 heterocycles. The largest absolute Gasteiger partial charge is 0.385 e. The Morgan fingerprint density at radius 1 is 1.28 bits per heavy atom. The zero-order valence-electron chi connectivity index (χ0n) is 9.50. The van der Waals surface area contributed by atoms with Crippen LogP contribution in [0.1, 0.15) is 5.69 Å². The molecular weight excluding hydrogens is 254 g/mol. The standard InChI is InChI=1S/C11H13N3O3S/c15-18(16,17)11-3-1-9(2-4-11)13-6-5-10-7-12-8-14-10/h1-4,7-8,13H,5-6H2,(H,12,14)(H,15,16,17). The maximum absolute atomic E-state index is 10.8. The minimum absolute atomic E-state index is 0.110. The van der Waals surface area contributed by atoms with Crippen LogP contribution in [0.4, 0.5) is 5.69 Å². The van der Waals surface area contributed by atoms with Gasteiger partial charge < -0.3 is 10.3 Å². The Hall–Kier alpha value is -1.86. The molecule has 0 saturated heterocycles. The molecule has 0 aliphatic rings. The van der Waals surface area contributed by atoms with Crippen molar-refractivity contribution >= 4 is 15.8 Å². The lowest BCUT2D eigenvalue weighted by molar-refractivity contribution is 0.483. The zero-order chi connectivity index (χ0) is 13.0. The minimum atomic E-state index is -4.12. The number of imidazole rings is 1. The quantitative estimate of drug-likeness (QED) is 0.710. The third-order valence-electron chi connectivity index (χ3n) is 2.43. The Morgan fingerprint density at radius 3 is 2.56 bits per heavy atom. The Balaban J connectivity index is 1.91. The number of hydrogen-bond donors (Lipinski definition) is 3. The lowest BCUT2D eigenvalue weighted by Gasteiger charge is -2.05. The van der Waals surface area contributed by atoms with Crippen molar-refractivity contribution in [3.05, 3.63) is 42.5 Å². The first kappa shape index (κ1) is 12.6. The van der Waals surface area contributed by atoms with Crippen LogP contribution in [0.2, 0.25) is 0 Å². The van der Waals surface area contributed by atoms with E-state index < -0.39 is 10.1 Å². The molecule has 2 aromatic rings. The van der Waals surface area contributed by atoms with E-state index in [9.17, 15) is 8.42 Å². The lowest BCUT2D eigenvalue weighted by Crippen LogP contribution is -2.05. The molecule has 0 bridgehead atoms. The van der Waals surface area contributed by atoms with E-state index in [0.29, 0.717) is 6.54 Å². The monoisotopic (exact) mass is 267 g/mol. The molecule has 0 spiro atoms. The molecule has 3 N–H and O–H groups in total. The third-order valence-corrected chi connectivity index (χ3v) is 3.30. The molecule has 0 aliphatic heterocycles. The fraction of sp³-hybridized carbons (Fsp3) is 0.182. The molecule has 6 nitrogen and oxygen atoms in total. The SMILES string of the molecule is O=S(=O)(O)c1ccc(NCCc2cnc[nH]2)cc1. The van der Waals surface area contributed by atoms with Crippen molar-refractivity contribution in [2.45, 2.75) is 11.3 Å². The molecule has 0 radical (unpaired) electrons. The van der Waals surface area contributed by atoms with Crippen molar-refractivity contribution in [3.8, 4) is 0 Å². The minimum Gasteiger partial charge on any atom is -0.385 e. The van der Waals surface area contributed by atoms with Gasteiger partial charge >= 0.3 is 0 Å². The van der Waals surface area contributed by atoms with Crippen LogP contribution in [0, 0.1) is 0 Å². The fourth-order valence-electron chi connectivity index (χ4n) is 1.51. The van der Waals surface area contributed by atoms with Gasteiger partial charge in [-0.05, 0) is 24.3 Å². The Kier molecular flexibility index (Phi) is 3.63. The summed E-state index contributed by atoms with van der Waals surface area (Å²) in [4.78, 5) is 6.79. The van der Waals surface area contributed by atoms with Crippen LogP contribution < -0.4 is 5.32 Å². The van der Waals surface area contributed by atoms with Crippen LogP contribution in [0.3, 0.4) is 0 Å². The Labute approximate surface area is 105 Å². The van der Waals surface area contributed by atoms with Crippen LogP contribution in [0.15, 0.2) is 41.7 Å². The molecule has 0 amide bonds. The summed E-state index contributed by atoms with van der Waals surface area (Å²) < 4.78 is 30.5. The molecule has 18 heavy (non-hydrogen) atoms. The van der Waals surface area contributed by atoms with E-state index in [1.54, 1.807) is 24.7 Å². The average molecular weight is 267 g/mol. The Bertz CT molecular complexity index is 591. The van der Waals surface area contributed by atoms with E-state index in [4.69, 9.17) is 4.55 Å². The number of nitrogens with one attached hydrogen (secondary N) is 2. The van der Waals surface area contributed by atoms with Gasteiger partial charge in [0.15, 0.2) is 0 Å². The molecule has 0 unspecified atom stereocenters. The fourth-order valence-corrected chi connectivity index (χ4v) is 1.99. The molecule has 96 valence electrons. The number of anilines is 1. The molecule has 7 heteroatoms. The summed E-state index contributed by atoms with van der Waals surface area (Å²) in [6.45, 7) is 0.702. The molecule has 0 atom stereocenters. The average Bonchev–Trinajstić information content (AvgIpc) is 2.82. The maximum atomic E-state index is 10.8. The summed E-state index contributed by atoms with van der Waals surface area (Å²) in [5.74, 6) is 0. The molecular formula is C11H13N3O3S. The van der Waals surface area contributed by atoms with Gasteiger partial charge in [-0.15, -0.1) is 0 Å². The second-order valence-corrected chi connectivity index (χ2v) is 5.17.